The van der Waals surface area contributed by atoms with E-state index in [1.54, 1.807) is 13.8 Å². The second-order valence-corrected chi connectivity index (χ2v) is 7.81. The van der Waals surface area contributed by atoms with Crippen LogP contribution >= 0.6 is 11.3 Å². The van der Waals surface area contributed by atoms with Gasteiger partial charge in [0, 0.05) is 10.4 Å². The molecule has 1 N–H and O–H groups in total. The van der Waals surface area contributed by atoms with Crippen molar-refractivity contribution in [3.8, 4) is 0 Å². The number of hydrogen-bond donors (Lipinski definition) is 1. The molecule has 2 heterocycles. The van der Waals surface area contributed by atoms with Crippen LogP contribution in [0.15, 0.2) is 4.52 Å². The molecule has 1 aliphatic rings. The normalized spacial score (nSPS) is 14.6. The van der Waals surface area contributed by atoms with Gasteiger partial charge in [-0.05, 0) is 58.4 Å². The summed E-state index contributed by atoms with van der Waals surface area (Å²) in [6.45, 7) is 7.39. The van der Waals surface area contributed by atoms with Crippen LogP contribution in [0.3, 0.4) is 0 Å². The fraction of sp³-hybridized carbons (Fsp3) is 0.526. The number of aromatic nitrogens is 1. The summed E-state index contributed by atoms with van der Waals surface area (Å²) >= 11 is 1.47. The Morgan fingerprint density at radius 1 is 1.31 bits per heavy atom. The van der Waals surface area contributed by atoms with Crippen molar-refractivity contribution in [1.82, 2.24) is 5.16 Å². The van der Waals surface area contributed by atoms with E-state index in [9.17, 15) is 9.59 Å². The second kappa shape index (κ2) is 7.61. The fourth-order valence-electron chi connectivity index (χ4n) is 2.99. The minimum atomic E-state index is -0.365. The summed E-state index contributed by atoms with van der Waals surface area (Å²) in [4.78, 5) is 26.6. The zero-order valence-corrected chi connectivity index (χ0v) is 16.4. The topological polar surface area (TPSA) is 81.4 Å². The molecule has 0 unspecified atom stereocenters. The number of nitrogens with one attached hydrogen (secondary N) is 1. The van der Waals surface area contributed by atoms with Gasteiger partial charge in [0.2, 0.25) is 0 Å². The lowest BCUT2D eigenvalue weighted by Gasteiger charge is -2.15. The SMILES string of the molecule is CC[C@H](C)OC(=O)c1c(NC(=O)c2noc(C)c2C)sc2c1CCCC2. The number of nitrogens with zero attached hydrogens (tertiary/aromatic N) is 1. The molecule has 0 bridgehead atoms. The first-order valence-electron chi connectivity index (χ1n) is 9.02. The van der Waals surface area contributed by atoms with Crippen molar-refractivity contribution in [3.63, 3.8) is 0 Å². The lowest BCUT2D eigenvalue weighted by Crippen LogP contribution is -2.19. The highest BCUT2D eigenvalue weighted by molar-refractivity contribution is 7.17. The van der Waals surface area contributed by atoms with Gasteiger partial charge in [-0.25, -0.2) is 4.79 Å². The largest absolute Gasteiger partial charge is 0.459 e. The number of carbonyl (C=O) groups excluding carboxylic acids is 2. The molecule has 7 heteroatoms. The highest BCUT2D eigenvalue weighted by atomic mass is 32.1. The monoisotopic (exact) mass is 376 g/mol. The van der Waals surface area contributed by atoms with E-state index in [4.69, 9.17) is 9.26 Å². The van der Waals surface area contributed by atoms with Crippen LogP contribution in [0, 0.1) is 13.8 Å². The molecular weight excluding hydrogens is 352 g/mol. The second-order valence-electron chi connectivity index (χ2n) is 6.71. The third-order valence-corrected chi connectivity index (χ3v) is 6.07. The maximum Gasteiger partial charge on any atom is 0.341 e. The number of carbonyl (C=O) groups is 2. The van der Waals surface area contributed by atoms with Gasteiger partial charge >= 0.3 is 5.97 Å². The number of rotatable bonds is 5. The predicted octanol–water partition coefficient (Wildman–Crippen LogP) is 4.44. The van der Waals surface area contributed by atoms with E-state index in [0.717, 1.165) is 42.5 Å². The highest BCUT2D eigenvalue weighted by Gasteiger charge is 2.29. The minimum Gasteiger partial charge on any atom is -0.459 e. The smallest absolute Gasteiger partial charge is 0.341 e. The van der Waals surface area contributed by atoms with E-state index in [1.807, 2.05) is 13.8 Å². The van der Waals surface area contributed by atoms with Crippen LogP contribution < -0.4 is 5.32 Å². The van der Waals surface area contributed by atoms with E-state index < -0.39 is 0 Å². The Hall–Kier alpha value is -2.15. The van der Waals surface area contributed by atoms with Crippen LogP contribution in [0.2, 0.25) is 0 Å². The van der Waals surface area contributed by atoms with E-state index >= 15 is 0 Å². The number of esters is 1. The molecule has 1 aliphatic carbocycles. The third kappa shape index (κ3) is 3.53. The molecule has 0 aliphatic heterocycles. The Balaban J connectivity index is 1.93. The lowest BCUT2D eigenvalue weighted by atomic mass is 9.95. The van der Waals surface area contributed by atoms with Gasteiger partial charge in [-0.15, -0.1) is 11.3 Å². The molecule has 3 rings (SSSR count). The van der Waals surface area contributed by atoms with E-state index in [-0.39, 0.29) is 23.7 Å². The predicted molar refractivity (Wildman–Crippen MR) is 100 cm³/mol. The number of hydrogen-bond acceptors (Lipinski definition) is 6. The first-order chi connectivity index (χ1) is 12.4. The number of anilines is 1. The van der Waals surface area contributed by atoms with Crippen molar-refractivity contribution < 1.29 is 18.8 Å². The molecule has 0 fully saturated rings. The van der Waals surface area contributed by atoms with Crippen LogP contribution in [0.5, 0.6) is 0 Å². The van der Waals surface area contributed by atoms with Crippen LogP contribution in [0.1, 0.15) is 75.7 Å². The van der Waals surface area contributed by atoms with Gasteiger partial charge in [0.25, 0.3) is 5.91 Å². The molecule has 1 amide bonds. The van der Waals surface area contributed by atoms with Crippen molar-refractivity contribution in [3.05, 3.63) is 33.0 Å². The van der Waals surface area contributed by atoms with E-state index in [0.29, 0.717) is 21.9 Å². The van der Waals surface area contributed by atoms with Gasteiger partial charge in [0.15, 0.2) is 5.69 Å². The van der Waals surface area contributed by atoms with E-state index in [1.165, 1.54) is 11.3 Å². The first kappa shape index (κ1) is 18.6. The highest BCUT2D eigenvalue weighted by Crippen LogP contribution is 2.39. The summed E-state index contributed by atoms with van der Waals surface area (Å²) in [5, 5.41) is 7.25. The fourth-order valence-corrected chi connectivity index (χ4v) is 4.26. The van der Waals surface area contributed by atoms with Crippen molar-refractivity contribution in [2.75, 3.05) is 5.32 Å². The maximum absolute atomic E-state index is 12.8. The van der Waals surface area contributed by atoms with Gasteiger partial charge in [-0.2, -0.15) is 0 Å². The summed E-state index contributed by atoms with van der Waals surface area (Å²) in [7, 11) is 0. The first-order valence-corrected chi connectivity index (χ1v) is 9.83. The van der Waals surface area contributed by atoms with Crippen LogP contribution in [0.4, 0.5) is 5.00 Å². The van der Waals surface area contributed by atoms with Gasteiger partial charge in [-0.1, -0.05) is 12.1 Å². The number of fused-ring (bicyclic) bond motifs is 1. The molecule has 0 spiro atoms. The molecule has 2 aromatic heterocycles. The number of amides is 1. The van der Waals surface area contributed by atoms with Crippen LogP contribution in [-0.2, 0) is 17.6 Å². The van der Waals surface area contributed by atoms with E-state index in [2.05, 4.69) is 10.5 Å². The van der Waals surface area contributed by atoms with Crippen molar-refractivity contribution in [1.29, 1.82) is 0 Å². The lowest BCUT2D eigenvalue weighted by molar-refractivity contribution is 0.0335. The third-order valence-electron chi connectivity index (χ3n) is 4.86. The Bertz CT molecular complexity index is 837. The molecule has 140 valence electrons. The Kier molecular flexibility index (Phi) is 5.46. The van der Waals surface area contributed by atoms with Crippen LogP contribution in [0.25, 0.3) is 0 Å². The Morgan fingerprint density at radius 2 is 2.04 bits per heavy atom. The molecule has 0 aromatic carbocycles. The average Bonchev–Trinajstić information content (AvgIpc) is 3.14. The standard InChI is InChI=1S/C19H24N2O4S/c1-5-10(2)24-19(23)15-13-8-6-7-9-14(13)26-18(15)20-17(22)16-11(3)12(4)25-21-16/h10H,5-9H2,1-4H3,(H,20,22)/t10-/m0/s1. The van der Waals surface area contributed by atoms with Crippen LogP contribution in [-0.4, -0.2) is 23.1 Å². The summed E-state index contributed by atoms with van der Waals surface area (Å²) in [6.07, 6.45) is 4.50. The number of thiophene rings is 1. The molecule has 0 radical (unpaired) electrons. The number of ether oxygens (including phenoxy) is 1. The molecular formula is C19H24N2O4S. The van der Waals surface area contributed by atoms with Gasteiger partial charge < -0.3 is 14.6 Å². The summed E-state index contributed by atoms with van der Waals surface area (Å²) in [5.41, 5.74) is 2.48. The summed E-state index contributed by atoms with van der Waals surface area (Å²) in [5.74, 6) is -0.116. The molecule has 0 saturated heterocycles. The van der Waals surface area contributed by atoms with Gasteiger partial charge in [0.05, 0.1) is 11.7 Å². The van der Waals surface area contributed by atoms with Crippen molar-refractivity contribution >= 4 is 28.2 Å². The van der Waals surface area contributed by atoms with Crippen molar-refractivity contribution in [2.24, 2.45) is 0 Å². The Labute approximate surface area is 156 Å². The average molecular weight is 376 g/mol. The zero-order valence-electron chi connectivity index (χ0n) is 15.6. The molecule has 1 atom stereocenters. The zero-order chi connectivity index (χ0) is 18.8. The molecule has 2 aromatic rings. The quantitative estimate of drug-likeness (QED) is 0.780. The Morgan fingerprint density at radius 3 is 2.69 bits per heavy atom. The molecule has 6 nitrogen and oxygen atoms in total. The maximum atomic E-state index is 12.8. The molecule has 0 saturated carbocycles. The van der Waals surface area contributed by atoms with Gasteiger partial charge in [-0.3, -0.25) is 4.79 Å². The summed E-state index contributed by atoms with van der Waals surface area (Å²) in [6, 6.07) is 0. The minimum absolute atomic E-state index is 0.161. The van der Waals surface area contributed by atoms with Gasteiger partial charge in [0.1, 0.15) is 10.8 Å². The van der Waals surface area contributed by atoms with Crippen molar-refractivity contribution in [2.45, 2.75) is 65.9 Å². The summed E-state index contributed by atoms with van der Waals surface area (Å²) < 4.78 is 10.6. The molecule has 26 heavy (non-hydrogen) atoms. The number of aryl methyl sites for hydroxylation is 2.